The van der Waals surface area contributed by atoms with E-state index in [1.165, 1.54) is 18.2 Å². The summed E-state index contributed by atoms with van der Waals surface area (Å²) in [4.78, 5) is 50.2. The lowest BCUT2D eigenvalue weighted by Gasteiger charge is -2.29. The number of nitrogens with one attached hydrogen (secondary N) is 2. The number of hydrogen-bond donors (Lipinski definition) is 2. The van der Waals surface area contributed by atoms with Crippen molar-refractivity contribution in [3.63, 3.8) is 0 Å². The highest BCUT2D eigenvalue weighted by Gasteiger charge is 2.41. The lowest BCUT2D eigenvalue weighted by Crippen LogP contribution is -2.52. The maximum Gasteiger partial charge on any atom is 0.349 e. The molecule has 0 spiro atoms. The Morgan fingerprint density at radius 1 is 1.31 bits per heavy atom. The van der Waals surface area contributed by atoms with Crippen molar-refractivity contribution in [2.24, 2.45) is 0 Å². The monoisotopic (exact) mass is 466 g/mol. The predicted octanol–water partition coefficient (Wildman–Crippen LogP) is 2.51. The lowest BCUT2D eigenvalue weighted by atomic mass is 10.0. The fourth-order valence-corrected chi connectivity index (χ4v) is 3.40. The van der Waals surface area contributed by atoms with Crippen LogP contribution < -0.4 is 10.6 Å². The van der Waals surface area contributed by atoms with E-state index >= 15 is 0 Å². The number of carbonyl (C=O) groups is 4. The Morgan fingerprint density at radius 3 is 2.75 bits per heavy atom. The van der Waals surface area contributed by atoms with Crippen LogP contribution in [0.15, 0.2) is 42.5 Å². The summed E-state index contributed by atoms with van der Waals surface area (Å²) in [5.74, 6) is -9.26. The van der Waals surface area contributed by atoms with E-state index in [1.54, 1.807) is 0 Å². The number of rotatable bonds is 5. The van der Waals surface area contributed by atoms with Crippen LogP contribution in [0, 0.1) is 0 Å². The lowest BCUT2D eigenvalue weighted by molar-refractivity contribution is -0.147. The molecule has 2 heterocycles. The van der Waals surface area contributed by atoms with Crippen molar-refractivity contribution in [2.75, 3.05) is 0 Å². The standard InChI is InChI=1S/C22H18ClF2N3O4/c23-15-4-2-14(3-5-15)22(24,25)21(32)26-10-12-1-6-16-13(9-12)11-28(20(16)31)17-7-8-18(29)27-19(17)30/h1-6,9,17H,7-8,10-11H2,(H,26,32)(H,27,29,30)/t17-/m0/s1/i7D,8D,10D,17D/hD/t7?,8?,10?,17-. The Labute approximate surface area is 193 Å². The normalized spacial score (nSPS) is 28.5. The molecule has 2 aromatic rings. The molecule has 4 atom stereocenters. The van der Waals surface area contributed by atoms with Gasteiger partial charge in [0.2, 0.25) is 11.8 Å². The molecular weight excluding hydrogens is 444 g/mol. The average molecular weight is 467 g/mol. The largest absolute Gasteiger partial charge is 0.349 e. The van der Waals surface area contributed by atoms with Crippen LogP contribution in [-0.4, -0.2) is 34.5 Å². The van der Waals surface area contributed by atoms with E-state index in [2.05, 4.69) is 0 Å². The first-order valence-corrected chi connectivity index (χ1v) is 9.62. The fraction of sp³-hybridized carbons (Fsp3) is 0.273. The fourth-order valence-electron chi connectivity index (χ4n) is 3.27. The molecule has 0 aliphatic carbocycles. The summed E-state index contributed by atoms with van der Waals surface area (Å²) in [6, 6.07) is 5.11. The van der Waals surface area contributed by atoms with Crippen molar-refractivity contribution in [2.45, 2.75) is 37.8 Å². The number of nitrogens with zero attached hydrogens (tertiary/aromatic N) is 1. The maximum atomic E-state index is 14.7. The first-order chi connectivity index (χ1) is 17.2. The van der Waals surface area contributed by atoms with Crippen LogP contribution in [0.5, 0.6) is 0 Å². The SMILES string of the molecule is [2H]C1C(=O)NC(=O)[C@@]([2H])(N2Cc3cc(C([2H])N([2H])C(=O)C(F)(F)c4ccc(Cl)cc4)ccc3C2=O)C1[2H]. The van der Waals surface area contributed by atoms with E-state index in [0.717, 1.165) is 24.3 Å². The minimum Gasteiger partial charge on any atom is -0.346 e. The van der Waals surface area contributed by atoms with E-state index in [0.29, 0.717) is 4.90 Å². The molecule has 4 amide bonds. The molecule has 10 heteroatoms. The minimum atomic E-state index is -4.13. The Morgan fingerprint density at radius 2 is 2.03 bits per heavy atom. The van der Waals surface area contributed by atoms with E-state index in [9.17, 15) is 28.0 Å². The van der Waals surface area contributed by atoms with E-state index in [4.69, 9.17) is 18.5 Å². The van der Waals surface area contributed by atoms with Gasteiger partial charge in [0.05, 0.1) is 2.74 Å². The van der Waals surface area contributed by atoms with Gasteiger partial charge in [-0.05, 0) is 35.7 Å². The Balaban J connectivity index is 1.58. The quantitative estimate of drug-likeness (QED) is 0.662. The molecule has 4 rings (SSSR count). The number of halogens is 3. The van der Waals surface area contributed by atoms with Gasteiger partial charge in [-0.15, -0.1) is 0 Å². The third-order valence-electron chi connectivity index (χ3n) is 4.89. The molecule has 166 valence electrons. The van der Waals surface area contributed by atoms with Gasteiger partial charge in [0.1, 0.15) is 6.02 Å². The Bertz CT molecular complexity index is 1320. The summed E-state index contributed by atoms with van der Waals surface area (Å²) in [5, 5.41) is 1.77. The molecule has 0 radical (unpaired) electrons. The molecule has 2 aromatic carbocycles. The van der Waals surface area contributed by atoms with Crippen LogP contribution in [0.4, 0.5) is 8.78 Å². The zero-order chi connectivity index (χ0) is 27.4. The minimum absolute atomic E-state index is 0.0182. The van der Waals surface area contributed by atoms with Crippen molar-refractivity contribution in [3.05, 3.63) is 69.7 Å². The van der Waals surface area contributed by atoms with Crippen LogP contribution in [0.2, 0.25) is 6.43 Å². The summed E-state index contributed by atoms with van der Waals surface area (Å²) in [7, 11) is 0. The molecule has 2 aliphatic heterocycles. The van der Waals surface area contributed by atoms with Crippen molar-refractivity contribution < 1.29 is 34.9 Å². The van der Waals surface area contributed by atoms with Gasteiger partial charge in [0.25, 0.3) is 11.8 Å². The average Bonchev–Trinajstić information content (AvgIpc) is 3.21. The first-order valence-electron chi connectivity index (χ1n) is 11.9. The third-order valence-corrected chi connectivity index (χ3v) is 5.14. The summed E-state index contributed by atoms with van der Waals surface area (Å²) in [6.45, 7) is -2.35. The van der Waals surface area contributed by atoms with Gasteiger partial charge in [-0.2, -0.15) is 8.78 Å². The maximum absolute atomic E-state index is 14.7. The summed E-state index contributed by atoms with van der Waals surface area (Å²) in [6.07, 6.45) is -3.71. The van der Waals surface area contributed by atoms with Gasteiger partial charge >= 0.3 is 5.92 Å². The number of benzene rings is 2. The third kappa shape index (κ3) is 4.08. The molecule has 32 heavy (non-hydrogen) atoms. The van der Waals surface area contributed by atoms with Crippen molar-refractivity contribution in [3.8, 4) is 0 Å². The zero-order valence-electron chi connectivity index (χ0n) is 21.1. The van der Waals surface area contributed by atoms with E-state index < -0.39 is 67.0 Å². The predicted molar refractivity (Wildman–Crippen MR) is 110 cm³/mol. The van der Waals surface area contributed by atoms with Gasteiger partial charge < -0.3 is 10.2 Å². The number of hydrogen-bond acceptors (Lipinski definition) is 4. The second-order valence-electron chi connectivity index (χ2n) is 6.99. The van der Waals surface area contributed by atoms with Crippen molar-refractivity contribution >= 4 is 35.2 Å². The van der Waals surface area contributed by atoms with Crippen molar-refractivity contribution in [1.29, 1.82) is 0 Å². The van der Waals surface area contributed by atoms with Crippen LogP contribution in [0.25, 0.3) is 0 Å². The van der Waals surface area contributed by atoms with E-state index in [-0.39, 0.29) is 27.0 Å². The zero-order valence-corrected chi connectivity index (χ0v) is 16.9. The number of fused-ring (bicyclic) bond motifs is 1. The molecule has 0 saturated carbocycles. The number of imide groups is 1. The first kappa shape index (κ1) is 16.3. The number of piperidine rings is 1. The molecule has 3 unspecified atom stereocenters. The molecule has 1 saturated heterocycles. The van der Waals surface area contributed by atoms with Crippen LogP contribution in [0.3, 0.4) is 0 Å². The van der Waals surface area contributed by atoms with Crippen LogP contribution in [-0.2, 0) is 33.4 Å². The van der Waals surface area contributed by atoms with Gasteiger partial charge in [-0.1, -0.05) is 35.9 Å². The highest BCUT2D eigenvalue weighted by atomic mass is 35.5. The summed E-state index contributed by atoms with van der Waals surface area (Å²) >= 11 is 5.69. The molecule has 0 aromatic heterocycles. The molecular formula is C22H18ClF2N3O4. The number of amides is 4. The molecule has 7 nitrogen and oxygen atoms in total. The summed E-state index contributed by atoms with van der Waals surface area (Å²) in [5.41, 5.74) is -0.693. The number of carbonyl (C=O) groups excluding carboxylic acids is 4. The van der Waals surface area contributed by atoms with Crippen molar-refractivity contribution in [1.82, 2.24) is 15.5 Å². The highest BCUT2D eigenvalue weighted by molar-refractivity contribution is 6.30. The van der Waals surface area contributed by atoms with Gasteiger partial charge in [-0.25, -0.2) is 0 Å². The Hall–Kier alpha value is -3.33. The molecule has 0 bridgehead atoms. The summed E-state index contributed by atoms with van der Waals surface area (Å²) < 4.78 is 69.8. The molecule has 1 fully saturated rings. The smallest absolute Gasteiger partial charge is 0.346 e. The van der Waals surface area contributed by atoms with E-state index in [1.807, 2.05) is 5.32 Å². The Kier molecular flexibility index (Phi) is 4.24. The molecule has 2 aliphatic rings. The second-order valence-corrected chi connectivity index (χ2v) is 7.43. The van der Waals surface area contributed by atoms with Crippen LogP contribution in [0.1, 0.15) is 45.3 Å². The van der Waals surface area contributed by atoms with Crippen LogP contribution >= 0.6 is 11.6 Å². The highest BCUT2D eigenvalue weighted by Crippen LogP contribution is 2.30. The number of alkyl halides is 2. The van der Waals surface area contributed by atoms with Gasteiger partial charge in [0.15, 0.2) is 1.41 Å². The van der Waals surface area contributed by atoms with Gasteiger partial charge in [0, 0.05) is 38.4 Å². The second kappa shape index (κ2) is 8.31. The van der Waals surface area contributed by atoms with Gasteiger partial charge in [-0.3, -0.25) is 24.5 Å². The topological polar surface area (TPSA) is 95.6 Å². The molecule has 2 N–H and O–H groups in total.